The highest BCUT2D eigenvalue weighted by Gasteiger charge is 2.14. The normalized spacial score (nSPS) is 12.5. The molecule has 4 heteroatoms. The van der Waals surface area contributed by atoms with Crippen LogP contribution >= 0.6 is 0 Å². The fourth-order valence-corrected chi connectivity index (χ4v) is 3.53. The van der Waals surface area contributed by atoms with Crippen LogP contribution in [0.25, 0.3) is 16.7 Å². The van der Waals surface area contributed by atoms with Crippen LogP contribution in [0, 0.1) is 0 Å². The van der Waals surface area contributed by atoms with Crippen molar-refractivity contribution in [2.75, 3.05) is 0 Å². The largest absolute Gasteiger partial charge is 0.506 e. The third kappa shape index (κ3) is 4.24. The smallest absolute Gasteiger partial charge is 0.143 e. The van der Waals surface area contributed by atoms with Gasteiger partial charge in [-0.1, -0.05) is 64.2 Å². The molecule has 0 spiro atoms. The zero-order valence-corrected chi connectivity index (χ0v) is 15.9. The zero-order valence-electron chi connectivity index (χ0n) is 15.9. The number of rotatable bonds is 9. The van der Waals surface area contributed by atoms with Crippen LogP contribution < -0.4 is 0 Å². The number of fused-ring (bicyclic) bond motifs is 1. The van der Waals surface area contributed by atoms with Crippen LogP contribution in [0.1, 0.15) is 70.3 Å². The molecule has 26 heavy (non-hydrogen) atoms. The lowest BCUT2D eigenvalue weighted by atomic mass is 9.90. The maximum Gasteiger partial charge on any atom is 0.143 e. The molecule has 3 rings (SSSR count). The molecular formula is C22H29N3O. The summed E-state index contributed by atoms with van der Waals surface area (Å²) < 4.78 is 0. The number of benzene rings is 2. The summed E-state index contributed by atoms with van der Waals surface area (Å²) in [5, 5.41) is 19.5. The molecule has 1 aromatic heterocycles. The first kappa shape index (κ1) is 18.4. The topological polar surface area (TPSA) is 50.9 Å². The van der Waals surface area contributed by atoms with Crippen LogP contribution in [-0.4, -0.2) is 20.1 Å². The molecule has 1 heterocycles. The van der Waals surface area contributed by atoms with Gasteiger partial charge in [-0.05, 0) is 48.6 Å². The van der Waals surface area contributed by atoms with Crippen LogP contribution in [0.3, 0.4) is 0 Å². The molecule has 0 radical (unpaired) electrons. The van der Waals surface area contributed by atoms with Crippen LogP contribution in [0.15, 0.2) is 42.5 Å². The molecule has 1 unspecified atom stereocenters. The summed E-state index contributed by atoms with van der Waals surface area (Å²) in [7, 11) is 0. The lowest BCUT2D eigenvalue weighted by Crippen LogP contribution is -2.02. The van der Waals surface area contributed by atoms with Crippen LogP contribution in [0.5, 0.6) is 5.75 Å². The third-order valence-corrected chi connectivity index (χ3v) is 5.12. The van der Waals surface area contributed by atoms with E-state index in [1.807, 2.05) is 36.4 Å². The van der Waals surface area contributed by atoms with Gasteiger partial charge in [-0.3, -0.25) is 0 Å². The molecule has 1 atom stereocenters. The van der Waals surface area contributed by atoms with Crippen molar-refractivity contribution in [1.82, 2.24) is 15.0 Å². The van der Waals surface area contributed by atoms with Gasteiger partial charge in [0, 0.05) is 0 Å². The highest BCUT2D eigenvalue weighted by atomic mass is 16.3. The van der Waals surface area contributed by atoms with Crippen molar-refractivity contribution in [2.24, 2.45) is 0 Å². The number of phenolic OH excluding ortho intramolecular Hbond substituents is 1. The predicted molar refractivity (Wildman–Crippen MR) is 107 cm³/mol. The summed E-state index contributed by atoms with van der Waals surface area (Å²) in [6.45, 7) is 4.47. The van der Waals surface area contributed by atoms with Crippen molar-refractivity contribution in [2.45, 2.75) is 64.7 Å². The van der Waals surface area contributed by atoms with E-state index in [4.69, 9.17) is 0 Å². The Morgan fingerprint density at radius 1 is 0.923 bits per heavy atom. The van der Waals surface area contributed by atoms with Gasteiger partial charge in [0.05, 0.1) is 0 Å². The van der Waals surface area contributed by atoms with E-state index in [2.05, 4.69) is 30.1 Å². The Labute approximate surface area is 155 Å². The van der Waals surface area contributed by atoms with E-state index in [1.165, 1.54) is 48.9 Å². The lowest BCUT2D eigenvalue weighted by molar-refractivity contribution is 0.464. The molecule has 0 aliphatic carbocycles. The first-order valence-electron chi connectivity index (χ1n) is 9.88. The maximum atomic E-state index is 10.6. The fraction of sp³-hybridized carbons (Fsp3) is 0.455. The van der Waals surface area contributed by atoms with Gasteiger partial charge in [0.15, 0.2) is 0 Å². The van der Waals surface area contributed by atoms with Crippen LogP contribution in [0.2, 0.25) is 0 Å². The monoisotopic (exact) mass is 351 g/mol. The molecule has 4 nitrogen and oxygen atoms in total. The minimum Gasteiger partial charge on any atom is -0.506 e. The summed E-state index contributed by atoms with van der Waals surface area (Å²) in [6.07, 6.45) is 8.78. The standard InChI is InChI=1S/C22H29N3O/c1-3-5-6-7-8-11-17(4-2)18-14-15-21(22(26)16-18)25-23-19-12-9-10-13-20(19)24-25/h9-10,12-17,26H,3-8,11H2,1-2H3. The zero-order chi connectivity index (χ0) is 18.4. The first-order valence-corrected chi connectivity index (χ1v) is 9.88. The third-order valence-electron chi connectivity index (χ3n) is 5.12. The van der Waals surface area contributed by atoms with E-state index < -0.39 is 0 Å². The van der Waals surface area contributed by atoms with Crippen molar-refractivity contribution in [3.63, 3.8) is 0 Å². The highest BCUT2D eigenvalue weighted by Crippen LogP contribution is 2.31. The van der Waals surface area contributed by atoms with Crippen molar-refractivity contribution < 1.29 is 5.11 Å². The summed E-state index contributed by atoms with van der Waals surface area (Å²) in [5.41, 5.74) is 3.49. The van der Waals surface area contributed by atoms with Gasteiger partial charge in [0.25, 0.3) is 0 Å². The molecule has 0 amide bonds. The van der Waals surface area contributed by atoms with Gasteiger partial charge in [0.2, 0.25) is 0 Å². The van der Waals surface area contributed by atoms with Crippen molar-refractivity contribution in [3.05, 3.63) is 48.0 Å². The average molecular weight is 351 g/mol. The molecular weight excluding hydrogens is 322 g/mol. The van der Waals surface area contributed by atoms with E-state index in [1.54, 1.807) is 0 Å². The minimum absolute atomic E-state index is 0.243. The van der Waals surface area contributed by atoms with Crippen molar-refractivity contribution in [3.8, 4) is 11.4 Å². The number of hydrogen-bond acceptors (Lipinski definition) is 3. The minimum atomic E-state index is 0.243. The Kier molecular flexibility index (Phi) is 6.26. The number of nitrogens with zero attached hydrogens (tertiary/aromatic N) is 3. The van der Waals surface area contributed by atoms with Gasteiger partial charge in [0.1, 0.15) is 22.5 Å². The maximum absolute atomic E-state index is 10.6. The van der Waals surface area contributed by atoms with Crippen molar-refractivity contribution in [1.29, 1.82) is 0 Å². The Bertz CT molecular complexity index is 807. The molecule has 0 aliphatic heterocycles. The Balaban J connectivity index is 1.73. The Morgan fingerprint density at radius 2 is 1.62 bits per heavy atom. The number of aromatic nitrogens is 3. The van der Waals surface area contributed by atoms with Gasteiger partial charge in [-0.15, -0.1) is 15.0 Å². The van der Waals surface area contributed by atoms with Gasteiger partial charge < -0.3 is 5.11 Å². The summed E-state index contributed by atoms with van der Waals surface area (Å²) in [6, 6.07) is 13.7. The molecule has 2 aromatic carbocycles. The molecule has 3 aromatic rings. The van der Waals surface area contributed by atoms with Crippen LogP contribution in [0.4, 0.5) is 0 Å². The average Bonchev–Trinajstić information content (AvgIpc) is 3.08. The van der Waals surface area contributed by atoms with E-state index >= 15 is 0 Å². The number of phenols is 1. The molecule has 138 valence electrons. The quantitative estimate of drug-likeness (QED) is 0.482. The highest BCUT2D eigenvalue weighted by molar-refractivity contribution is 5.73. The summed E-state index contributed by atoms with van der Waals surface area (Å²) in [4.78, 5) is 1.52. The first-order chi connectivity index (χ1) is 12.7. The fourth-order valence-electron chi connectivity index (χ4n) is 3.53. The summed E-state index contributed by atoms with van der Waals surface area (Å²) in [5.74, 6) is 0.744. The molecule has 0 bridgehead atoms. The van der Waals surface area contributed by atoms with E-state index in [9.17, 15) is 5.11 Å². The number of unbranched alkanes of at least 4 members (excludes halogenated alkanes) is 4. The second-order valence-corrected chi connectivity index (χ2v) is 7.03. The SMILES string of the molecule is CCCCCCCC(CC)c1ccc(-n2nc3ccccc3n2)c(O)c1. The Hall–Kier alpha value is -2.36. The van der Waals surface area contributed by atoms with E-state index in [0.717, 1.165) is 17.5 Å². The second kappa shape index (κ2) is 8.84. The van der Waals surface area contributed by atoms with Gasteiger partial charge >= 0.3 is 0 Å². The Morgan fingerprint density at radius 3 is 2.23 bits per heavy atom. The molecule has 1 N–H and O–H groups in total. The second-order valence-electron chi connectivity index (χ2n) is 7.03. The predicted octanol–water partition coefficient (Wildman–Crippen LogP) is 5.98. The molecule has 0 saturated carbocycles. The van der Waals surface area contributed by atoms with E-state index in [-0.39, 0.29) is 5.75 Å². The molecule has 0 aliphatic rings. The number of aromatic hydroxyl groups is 1. The van der Waals surface area contributed by atoms with Gasteiger partial charge in [-0.25, -0.2) is 0 Å². The van der Waals surface area contributed by atoms with E-state index in [0.29, 0.717) is 11.6 Å². The number of hydrogen-bond donors (Lipinski definition) is 1. The van der Waals surface area contributed by atoms with Crippen molar-refractivity contribution >= 4 is 11.0 Å². The van der Waals surface area contributed by atoms with Crippen LogP contribution in [-0.2, 0) is 0 Å². The van der Waals surface area contributed by atoms with Gasteiger partial charge in [-0.2, -0.15) is 0 Å². The molecule has 0 fully saturated rings. The molecule has 0 saturated heterocycles. The summed E-state index contributed by atoms with van der Waals surface area (Å²) >= 11 is 0. The lowest BCUT2D eigenvalue weighted by Gasteiger charge is -2.16.